The molecule has 0 radical (unpaired) electrons. The molecule has 0 fully saturated rings. The molecule has 0 saturated carbocycles. The second kappa shape index (κ2) is 20.4. The summed E-state index contributed by atoms with van der Waals surface area (Å²) in [5.41, 5.74) is 17.2. The Morgan fingerprint density at radius 2 is 1.42 bits per heavy atom. The SMILES string of the molecule is C=C/C=C(\C/C=C\C)C(C/C=C(\C=C)c1ccc(N(c2ccc3c(c2)-c2ccccc2C3(C2=CCCCC=C2)c2ccccc2)c2ccccc2-c2ccccc2)cc1)CC(C)(C)CC. The molecule has 0 spiro atoms. The number of para-hydroxylation sites is 1. The van der Waals surface area contributed by atoms with E-state index in [9.17, 15) is 0 Å². The number of anilines is 3. The number of hydrogen-bond acceptors (Lipinski definition) is 1. The summed E-state index contributed by atoms with van der Waals surface area (Å²) < 4.78 is 0. The lowest BCUT2D eigenvalue weighted by Crippen LogP contribution is -2.29. The molecule has 6 aromatic carbocycles. The van der Waals surface area contributed by atoms with Crippen molar-refractivity contribution in [3.63, 3.8) is 0 Å². The summed E-state index contributed by atoms with van der Waals surface area (Å²) in [5, 5.41) is 0. The van der Waals surface area contributed by atoms with E-state index in [2.05, 4.69) is 240 Å². The Bertz CT molecular complexity index is 2750. The molecule has 2 aliphatic carbocycles. The Labute approximate surface area is 390 Å². The smallest absolute Gasteiger partial charge is 0.0710 e. The van der Waals surface area contributed by atoms with E-state index in [0.717, 1.165) is 66.7 Å². The summed E-state index contributed by atoms with van der Waals surface area (Å²) in [4.78, 5) is 2.45. The lowest BCUT2D eigenvalue weighted by atomic mass is 9.67. The van der Waals surface area contributed by atoms with Crippen LogP contribution in [0.4, 0.5) is 17.1 Å². The largest absolute Gasteiger partial charge is 0.310 e. The Hall–Kier alpha value is -6.70. The number of hydrogen-bond donors (Lipinski definition) is 0. The maximum atomic E-state index is 4.33. The molecule has 0 aliphatic heterocycles. The molecule has 0 amide bonds. The fourth-order valence-corrected chi connectivity index (χ4v) is 10.2. The van der Waals surface area contributed by atoms with Crippen LogP contribution in [0.5, 0.6) is 0 Å². The van der Waals surface area contributed by atoms with Crippen LogP contribution in [0.25, 0.3) is 27.8 Å². The lowest BCUT2D eigenvalue weighted by molar-refractivity contribution is 0.274. The van der Waals surface area contributed by atoms with Gasteiger partial charge in [0.1, 0.15) is 0 Å². The van der Waals surface area contributed by atoms with Gasteiger partial charge in [-0.05, 0) is 137 Å². The molecule has 0 heterocycles. The molecule has 0 bridgehead atoms. The molecule has 65 heavy (non-hydrogen) atoms. The van der Waals surface area contributed by atoms with Crippen LogP contribution in [0.3, 0.4) is 0 Å². The van der Waals surface area contributed by atoms with Crippen molar-refractivity contribution in [2.75, 3.05) is 4.90 Å². The molecule has 0 aromatic heterocycles. The van der Waals surface area contributed by atoms with E-state index in [0.29, 0.717) is 5.92 Å². The second-order valence-electron chi connectivity index (χ2n) is 18.4. The second-order valence-corrected chi connectivity index (χ2v) is 18.4. The van der Waals surface area contributed by atoms with E-state index in [1.54, 1.807) is 0 Å². The highest BCUT2D eigenvalue weighted by Crippen LogP contribution is 2.58. The minimum atomic E-state index is -0.422. The third-order valence-electron chi connectivity index (χ3n) is 13.9. The van der Waals surface area contributed by atoms with Crippen LogP contribution in [-0.4, -0.2) is 0 Å². The first-order valence-electron chi connectivity index (χ1n) is 23.8. The molecule has 2 aliphatic rings. The van der Waals surface area contributed by atoms with Crippen molar-refractivity contribution in [1.82, 2.24) is 0 Å². The summed E-state index contributed by atoms with van der Waals surface area (Å²) in [6.07, 6.45) is 27.8. The first-order chi connectivity index (χ1) is 31.8. The Morgan fingerprint density at radius 3 is 2.14 bits per heavy atom. The van der Waals surface area contributed by atoms with Crippen LogP contribution in [-0.2, 0) is 5.41 Å². The maximum absolute atomic E-state index is 4.33. The average molecular weight is 848 g/mol. The average Bonchev–Trinajstić information content (AvgIpc) is 3.44. The lowest BCUT2D eigenvalue weighted by Gasteiger charge is -2.35. The summed E-state index contributed by atoms with van der Waals surface area (Å²) in [7, 11) is 0. The fourth-order valence-electron chi connectivity index (χ4n) is 10.2. The van der Waals surface area contributed by atoms with Crippen molar-refractivity contribution in [3.05, 3.63) is 253 Å². The standard InChI is InChI=1S/C64H65N/c1-7-11-27-49(26-8-2)52(47-63(5,6)10-4)39-38-48(9-3)50-40-42-55(43-41-50)65(62-37-25-23-34-57(62)51-28-16-14-17-29-51)56-44-45-61-59(46-56)58-35-22-24-36-60(58)64(61,54-32-20-15-21-33-54)53-30-18-12-13-19-31-53/h7-9,11,14-18,20-26,28-38,40-46,52H,2-3,10,12-13,19,27,39,47H2,1,4-6H3/b11-7-,48-38+,49-26+. The predicted octanol–water partition coefficient (Wildman–Crippen LogP) is 18.3. The van der Waals surface area contributed by atoms with Gasteiger partial charge >= 0.3 is 0 Å². The molecule has 6 aromatic rings. The van der Waals surface area contributed by atoms with Crippen molar-refractivity contribution in [1.29, 1.82) is 0 Å². The first-order valence-corrected chi connectivity index (χ1v) is 23.8. The quantitative estimate of drug-likeness (QED) is 0.0653. The number of fused-ring (bicyclic) bond motifs is 3. The highest BCUT2D eigenvalue weighted by atomic mass is 15.1. The van der Waals surface area contributed by atoms with Gasteiger partial charge < -0.3 is 4.90 Å². The van der Waals surface area contributed by atoms with E-state index in [1.165, 1.54) is 56.5 Å². The summed E-state index contributed by atoms with van der Waals surface area (Å²) in [6.45, 7) is 17.6. The zero-order valence-corrected chi connectivity index (χ0v) is 39.0. The first kappa shape index (κ1) is 44.9. The third-order valence-corrected chi connectivity index (χ3v) is 13.9. The minimum absolute atomic E-state index is 0.233. The molecule has 0 saturated heterocycles. The molecule has 326 valence electrons. The number of allylic oxidation sites excluding steroid dienone is 12. The van der Waals surface area contributed by atoms with Gasteiger partial charge in [0.15, 0.2) is 0 Å². The highest BCUT2D eigenvalue weighted by Gasteiger charge is 2.47. The minimum Gasteiger partial charge on any atom is -0.310 e. The van der Waals surface area contributed by atoms with Gasteiger partial charge in [-0.1, -0.05) is 222 Å². The van der Waals surface area contributed by atoms with Crippen LogP contribution in [0.15, 0.2) is 231 Å². The summed E-state index contributed by atoms with van der Waals surface area (Å²) in [6, 6.07) is 56.2. The van der Waals surface area contributed by atoms with E-state index < -0.39 is 5.41 Å². The monoisotopic (exact) mass is 848 g/mol. The van der Waals surface area contributed by atoms with Crippen LogP contribution in [0.1, 0.15) is 94.9 Å². The van der Waals surface area contributed by atoms with Gasteiger partial charge in [-0.3, -0.25) is 0 Å². The molecule has 1 heteroatoms. The summed E-state index contributed by atoms with van der Waals surface area (Å²) in [5.74, 6) is 0.402. The van der Waals surface area contributed by atoms with Crippen molar-refractivity contribution in [3.8, 4) is 22.3 Å². The molecule has 8 rings (SSSR count). The van der Waals surface area contributed by atoms with Gasteiger partial charge in [0, 0.05) is 16.9 Å². The Morgan fingerprint density at radius 1 is 0.738 bits per heavy atom. The molecular formula is C64H65N. The summed E-state index contributed by atoms with van der Waals surface area (Å²) >= 11 is 0. The highest BCUT2D eigenvalue weighted by molar-refractivity contribution is 5.93. The van der Waals surface area contributed by atoms with E-state index in [-0.39, 0.29) is 5.41 Å². The van der Waals surface area contributed by atoms with Crippen LogP contribution < -0.4 is 4.90 Å². The van der Waals surface area contributed by atoms with E-state index in [4.69, 9.17) is 0 Å². The van der Waals surface area contributed by atoms with Crippen molar-refractivity contribution >= 4 is 22.6 Å². The van der Waals surface area contributed by atoms with Gasteiger partial charge in [-0.25, -0.2) is 0 Å². The number of benzene rings is 6. The van der Waals surface area contributed by atoms with Crippen molar-refractivity contribution in [2.24, 2.45) is 11.3 Å². The fraction of sp³-hybridized carbons (Fsp3) is 0.219. The normalized spacial score (nSPS) is 16.6. The zero-order chi connectivity index (χ0) is 45.2. The third kappa shape index (κ3) is 9.30. The molecule has 2 unspecified atom stereocenters. The number of rotatable bonds is 17. The maximum Gasteiger partial charge on any atom is 0.0710 e. The number of nitrogens with zero attached hydrogens (tertiary/aromatic N) is 1. The molecular weight excluding hydrogens is 783 g/mol. The van der Waals surface area contributed by atoms with Crippen LogP contribution in [0.2, 0.25) is 0 Å². The van der Waals surface area contributed by atoms with E-state index >= 15 is 0 Å². The van der Waals surface area contributed by atoms with Crippen molar-refractivity contribution in [2.45, 2.75) is 78.1 Å². The van der Waals surface area contributed by atoms with Gasteiger partial charge in [-0.15, -0.1) is 0 Å². The van der Waals surface area contributed by atoms with Gasteiger partial charge in [0.2, 0.25) is 0 Å². The van der Waals surface area contributed by atoms with Gasteiger partial charge in [-0.2, -0.15) is 0 Å². The van der Waals surface area contributed by atoms with Crippen molar-refractivity contribution < 1.29 is 0 Å². The Kier molecular flexibility index (Phi) is 14.1. The Balaban J connectivity index is 1.26. The zero-order valence-electron chi connectivity index (χ0n) is 39.0. The van der Waals surface area contributed by atoms with Gasteiger partial charge in [0.25, 0.3) is 0 Å². The van der Waals surface area contributed by atoms with Crippen LogP contribution >= 0.6 is 0 Å². The molecule has 0 N–H and O–H groups in total. The molecule has 2 atom stereocenters. The molecule has 1 nitrogen and oxygen atoms in total. The van der Waals surface area contributed by atoms with Gasteiger partial charge in [0.05, 0.1) is 11.1 Å². The predicted molar refractivity (Wildman–Crippen MR) is 282 cm³/mol. The van der Waals surface area contributed by atoms with Crippen LogP contribution in [0, 0.1) is 11.3 Å². The van der Waals surface area contributed by atoms with E-state index in [1.807, 2.05) is 12.2 Å². The topological polar surface area (TPSA) is 3.24 Å².